The Hall–Kier alpha value is -2.39. The highest BCUT2D eigenvalue weighted by Crippen LogP contribution is 2.21. The number of para-hydroxylation sites is 1. The van der Waals surface area contributed by atoms with Crippen LogP contribution in [-0.2, 0) is 6.42 Å². The third-order valence-corrected chi connectivity index (χ3v) is 3.70. The fraction of sp³-hybridized carbons (Fsp3) is 0.167. The third-order valence-electron chi connectivity index (χ3n) is 3.70. The summed E-state index contributed by atoms with van der Waals surface area (Å²) in [5.74, 6) is 0. The molecule has 3 aromatic rings. The molecule has 1 atom stereocenters. The Kier molecular flexibility index (Phi) is 3.84. The van der Waals surface area contributed by atoms with Crippen molar-refractivity contribution in [2.75, 3.05) is 0 Å². The van der Waals surface area contributed by atoms with Crippen LogP contribution in [0.1, 0.15) is 29.7 Å². The Labute approximate surface area is 125 Å². The molecule has 3 rings (SSSR count). The molecule has 2 aromatic carbocycles. The zero-order chi connectivity index (χ0) is 14.7. The first-order valence-corrected chi connectivity index (χ1v) is 7.22. The van der Waals surface area contributed by atoms with Crippen LogP contribution in [0.4, 0.5) is 0 Å². The maximum atomic E-state index is 6.38. The van der Waals surface area contributed by atoms with E-state index in [0.717, 1.165) is 23.2 Å². The lowest BCUT2D eigenvalue weighted by Crippen LogP contribution is -2.11. The van der Waals surface area contributed by atoms with Gasteiger partial charge in [-0.15, -0.1) is 0 Å². The van der Waals surface area contributed by atoms with Gasteiger partial charge in [0.15, 0.2) is 0 Å². The average molecular weight is 277 g/mol. The van der Waals surface area contributed by atoms with Crippen molar-refractivity contribution in [1.82, 2.24) is 9.78 Å². The first-order chi connectivity index (χ1) is 10.3. The smallest absolute Gasteiger partial charge is 0.0645 e. The molecule has 2 N–H and O–H groups in total. The topological polar surface area (TPSA) is 43.8 Å². The minimum absolute atomic E-state index is 0.144. The molecular weight excluding hydrogens is 258 g/mol. The Bertz CT molecular complexity index is 716. The summed E-state index contributed by atoms with van der Waals surface area (Å²) in [7, 11) is 0. The van der Waals surface area contributed by atoms with Crippen LogP contribution in [0.5, 0.6) is 0 Å². The average Bonchev–Trinajstić information content (AvgIpc) is 3.05. The predicted octanol–water partition coefficient (Wildman–Crippen LogP) is 3.48. The van der Waals surface area contributed by atoms with Gasteiger partial charge in [0.05, 0.1) is 17.9 Å². The number of rotatable bonds is 4. The molecule has 0 bridgehead atoms. The Morgan fingerprint density at radius 3 is 2.62 bits per heavy atom. The van der Waals surface area contributed by atoms with Gasteiger partial charge in [0.2, 0.25) is 0 Å². The van der Waals surface area contributed by atoms with Gasteiger partial charge in [0, 0.05) is 11.8 Å². The van der Waals surface area contributed by atoms with Gasteiger partial charge in [-0.3, -0.25) is 0 Å². The SMILES string of the molecule is CCc1cccc(C(N)c2cnn(-c3ccccc3)c2)c1. The first kappa shape index (κ1) is 13.6. The molecule has 0 amide bonds. The summed E-state index contributed by atoms with van der Waals surface area (Å²) in [6.07, 6.45) is 4.86. The first-order valence-electron chi connectivity index (χ1n) is 7.22. The Morgan fingerprint density at radius 1 is 1.05 bits per heavy atom. The lowest BCUT2D eigenvalue weighted by atomic mass is 10.00. The van der Waals surface area contributed by atoms with Crippen molar-refractivity contribution >= 4 is 0 Å². The molecule has 0 saturated heterocycles. The molecule has 0 spiro atoms. The van der Waals surface area contributed by atoms with E-state index in [4.69, 9.17) is 5.73 Å². The fourth-order valence-electron chi connectivity index (χ4n) is 2.42. The molecule has 3 nitrogen and oxygen atoms in total. The summed E-state index contributed by atoms with van der Waals surface area (Å²) in [6, 6.07) is 18.3. The van der Waals surface area contributed by atoms with Gasteiger partial charge >= 0.3 is 0 Å². The van der Waals surface area contributed by atoms with Crippen LogP contribution in [0.15, 0.2) is 67.0 Å². The van der Waals surface area contributed by atoms with E-state index >= 15 is 0 Å². The largest absolute Gasteiger partial charge is 0.320 e. The quantitative estimate of drug-likeness (QED) is 0.793. The molecule has 0 fully saturated rings. The zero-order valence-electron chi connectivity index (χ0n) is 12.1. The van der Waals surface area contributed by atoms with E-state index in [1.807, 2.05) is 47.4 Å². The van der Waals surface area contributed by atoms with Gasteiger partial charge in [0.1, 0.15) is 0 Å². The highest BCUT2D eigenvalue weighted by atomic mass is 15.3. The predicted molar refractivity (Wildman–Crippen MR) is 85.4 cm³/mol. The van der Waals surface area contributed by atoms with E-state index in [9.17, 15) is 0 Å². The van der Waals surface area contributed by atoms with Crippen LogP contribution in [0.25, 0.3) is 5.69 Å². The van der Waals surface area contributed by atoms with Crippen LogP contribution < -0.4 is 5.73 Å². The van der Waals surface area contributed by atoms with Crippen molar-refractivity contribution in [3.8, 4) is 5.69 Å². The van der Waals surface area contributed by atoms with E-state index in [0.29, 0.717) is 0 Å². The van der Waals surface area contributed by atoms with Crippen LogP contribution in [-0.4, -0.2) is 9.78 Å². The molecule has 0 saturated carbocycles. The molecule has 3 heteroatoms. The van der Waals surface area contributed by atoms with Crippen molar-refractivity contribution in [2.24, 2.45) is 5.73 Å². The van der Waals surface area contributed by atoms with Crippen molar-refractivity contribution in [1.29, 1.82) is 0 Å². The summed E-state index contributed by atoms with van der Waals surface area (Å²) in [4.78, 5) is 0. The molecular formula is C18H19N3. The summed E-state index contributed by atoms with van der Waals surface area (Å²) in [5.41, 5.74) is 10.9. The van der Waals surface area contributed by atoms with Gasteiger partial charge in [-0.05, 0) is 29.7 Å². The van der Waals surface area contributed by atoms with E-state index in [1.165, 1.54) is 5.56 Å². The Morgan fingerprint density at radius 2 is 1.86 bits per heavy atom. The van der Waals surface area contributed by atoms with Crippen LogP contribution in [0.2, 0.25) is 0 Å². The normalized spacial score (nSPS) is 12.3. The van der Waals surface area contributed by atoms with Crippen molar-refractivity contribution < 1.29 is 0 Å². The number of aryl methyl sites for hydroxylation is 1. The second-order valence-corrected chi connectivity index (χ2v) is 5.13. The van der Waals surface area contributed by atoms with Gasteiger partial charge in [0.25, 0.3) is 0 Å². The van der Waals surface area contributed by atoms with Crippen molar-refractivity contribution in [2.45, 2.75) is 19.4 Å². The number of nitrogens with two attached hydrogens (primary N) is 1. The van der Waals surface area contributed by atoms with Crippen LogP contribution in [0, 0.1) is 0 Å². The van der Waals surface area contributed by atoms with Gasteiger partial charge < -0.3 is 5.73 Å². The molecule has 1 aromatic heterocycles. The number of benzene rings is 2. The molecule has 0 aliphatic heterocycles. The summed E-state index contributed by atoms with van der Waals surface area (Å²) in [6.45, 7) is 2.15. The van der Waals surface area contributed by atoms with E-state index in [-0.39, 0.29) is 6.04 Å². The zero-order valence-corrected chi connectivity index (χ0v) is 12.1. The van der Waals surface area contributed by atoms with Crippen LogP contribution in [0.3, 0.4) is 0 Å². The lowest BCUT2D eigenvalue weighted by Gasteiger charge is -2.11. The maximum Gasteiger partial charge on any atom is 0.0645 e. The summed E-state index contributed by atoms with van der Waals surface area (Å²) >= 11 is 0. The second kappa shape index (κ2) is 5.94. The number of aromatic nitrogens is 2. The molecule has 0 aliphatic carbocycles. The third kappa shape index (κ3) is 2.88. The molecule has 106 valence electrons. The maximum absolute atomic E-state index is 6.38. The van der Waals surface area contributed by atoms with Gasteiger partial charge in [-0.1, -0.05) is 49.4 Å². The number of nitrogens with zero attached hydrogens (tertiary/aromatic N) is 2. The second-order valence-electron chi connectivity index (χ2n) is 5.13. The molecule has 1 unspecified atom stereocenters. The van der Waals surface area contributed by atoms with Crippen molar-refractivity contribution in [3.63, 3.8) is 0 Å². The fourth-order valence-corrected chi connectivity index (χ4v) is 2.42. The highest BCUT2D eigenvalue weighted by molar-refractivity contribution is 5.35. The molecule has 0 radical (unpaired) electrons. The summed E-state index contributed by atoms with van der Waals surface area (Å²) in [5, 5.41) is 4.41. The van der Waals surface area contributed by atoms with Gasteiger partial charge in [-0.25, -0.2) is 4.68 Å². The monoisotopic (exact) mass is 277 g/mol. The van der Waals surface area contributed by atoms with Crippen LogP contribution >= 0.6 is 0 Å². The van der Waals surface area contributed by atoms with Gasteiger partial charge in [-0.2, -0.15) is 5.10 Å². The number of hydrogen-bond donors (Lipinski definition) is 1. The highest BCUT2D eigenvalue weighted by Gasteiger charge is 2.12. The lowest BCUT2D eigenvalue weighted by molar-refractivity contribution is 0.859. The standard InChI is InChI=1S/C18H19N3/c1-2-14-7-6-8-15(11-14)18(19)16-12-20-21(13-16)17-9-4-3-5-10-17/h3-13,18H,2,19H2,1H3. The van der Waals surface area contributed by atoms with Crippen molar-refractivity contribution in [3.05, 3.63) is 83.7 Å². The van der Waals surface area contributed by atoms with E-state index < -0.39 is 0 Å². The van der Waals surface area contributed by atoms with E-state index in [1.54, 1.807) is 0 Å². The minimum Gasteiger partial charge on any atom is -0.320 e. The summed E-state index contributed by atoms with van der Waals surface area (Å²) < 4.78 is 1.86. The molecule has 1 heterocycles. The number of hydrogen-bond acceptors (Lipinski definition) is 2. The van der Waals surface area contributed by atoms with E-state index in [2.05, 4.69) is 36.3 Å². The Balaban J connectivity index is 1.88. The minimum atomic E-state index is -0.144. The molecule has 0 aliphatic rings. The molecule has 21 heavy (non-hydrogen) atoms.